The number of hydrogen-bond donors (Lipinski definition) is 0. The van der Waals surface area contributed by atoms with Crippen LogP contribution >= 0.6 is 0 Å². The molecule has 0 radical (unpaired) electrons. The molecule has 2 aromatic rings. The molecule has 2 aromatic carbocycles. The molecule has 1 aliphatic rings. The molecule has 0 aromatic heterocycles. The van der Waals surface area contributed by atoms with Gasteiger partial charge in [-0.15, -0.1) is 0 Å². The van der Waals surface area contributed by atoms with Crippen molar-refractivity contribution in [3.05, 3.63) is 83.4 Å². The van der Waals surface area contributed by atoms with Crippen LogP contribution in [-0.4, -0.2) is 6.11 Å². The average molecular weight is 306 g/mol. The summed E-state index contributed by atoms with van der Waals surface area (Å²) < 4.78 is 58.7. The Morgan fingerprint density at radius 3 is 1.77 bits per heavy atom. The van der Waals surface area contributed by atoms with Crippen LogP contribution in [0.5, 0.6) is 0 Å². The number of ether oxygens (including phenoxy) is 1. The third-order valence-electron chi connectivity index (χ3n) is 3.29. The van der Waals surface area contributed by atoms with E-state index in [4.69, 9.17) is 0 Å². The smallest absolute Gasteiger partial charge is 0.427 e. The summed E-state index contributed by atoms with van der Waals surface area (Å²) in [5.41, 5.74) is -1.09. The summed E-state index contributed by atoms with van der Waals surface area (Å²) in [7, 11) is 0. The predicted octanol–water partition coefficient (Wildman–Crippen LogP) is 5.33. The minimum Gasteiger partial charge on any atom is -0.427 e. The highest BCUT2D eigenvalue weighted by atomic mass is 19.3. The van der Waals surface area contributed by atoms with Gasteiger partial charge in [0.1, 0.15) is 11.3 Å². The maximum Gasteiger partial charge on any atom is 0.432 e. The van der Waals surface area contributed by atoms with Gasteiger partial charge in [-0.25, -0.2) is 0 Å². The van der Waals surface area contributed by atoms with Crippen LogP contribution in [0.25, 0.3) is 11.3 Å². The van der Waals surface area contributed by atoms with Crippen molar-refractivity contribution in [3.8, 4) is 0 Å². The normalized spacial score (nSPS) is 16.6. The van der Waals surface area contributed by atoms with Crippen molar-refractivity contribution in [2.45, 2.75) is 6.11 Å². The molecule has 0 amide bonds. The number of halogens is 4. The monoisotopic (exact) mass is 306 g/mol. The van der Waals surface area contributed by atoms with E-state index < -0.39 is 17.8 Å². The SMILES string of the molecule is FC(F)=C1C(c2ccccc2)=C(c2ccccc2)OC1(F)F. The van der Waals surface area contributed by atoms with Gasteiger partial charge in [-0.3, -0.25) is 0 Å². The van der Waals surface area contributed by atoms with Crippen molar-refractivity contribution in [1.29, 1.82) is 0 Å². The molecule has 5 heteroatoms. The zero-order valence-corrected chi connectivity index (χ0v) is 11.2. The van der Waals surface area contributed by atoms with E-state index in [-0.39, 0.29) is 16.9 Å². The third-order valence-corrected chi connectivity index (χ3v) is 3.29. The van der Waals surface area contributed by atoms with E-state index in [0.717, 1.165) is 0 Å². The molecule has 0 bridgehead atoms. The van der Waals surface area contributed by atoms with E-state index in [1.165, 1.54) is 24.3 Å². The van der Waals surface area contributed by atoms with Gasteiger partial charge in [0.25, 0.3) is 6.08 Å². The van der Waals surface area contributed by atoms with Crippen LogP contribution in [0.3, 0.4) is 0 Å². The lowest BCUT2D eigenvalue weighted by atomic mass is 9.96. The number of rotatable bonds is 2. The number of alkyl halides is 2. The van der Waals surface area contributed by atoms with Crippen molar-refractivity contribution in [3.63, 3.8) is 0 Å². The van der Waals surface area contributed by atoms with E-state index in [2.05, 4.69) is 4.74 Å². The van der Waals surface area contributed by atoms with Crippen LogP contribution in [0.2, 0.25) is 0 Å². The summed E-state index contributed by atoms with van der Waals surface area (Å²) >= 11 is 0. The first-order chi connectivity index (χ1) is 10.5. The van der Waals surface area contributed by atoms with Crippen LogP contribution in [0, 0.1) is 0 Å². The molecule has 0 aliphatic carbocycles. The Kier molecular flexibility index (Phi) is 3.48. The lowest BCUT2D eigenvalue weighted by Crippen LogP contribution is -2.18. The molecule has 0 unspecified atom stereocenters. The summed E-state index contributed by atoms with van der Waals surface area (Å²) in [5.74, 6) is -0.250. The lowest BCUT2D eigenvalue weighted by molar-refractivity contribution is -0.152. The second kappa shape index (κ2) is 5.33. The van der Waals surface area contributed by atoms with Gasteiger partial charge in [0.2, 0.25) is 0 Å². The van der Waals surface area contributed by atoms with E-state index in [1.807, 2.05) is 0 Å². The molecule has 1 nitrogen and oxygen atoms in total. The highest BCUT2D eigenvalue weighted by Crippen LogP contribution is 2.51. The third kappa shape index (κ3) is 2.39. The Morgan fingerprint density at radius 2 is 1.27 bits per heavy atom. The molecule has 0 N–H and O–H groups in total. The average Bonchev–Trinajstić information content (AvgIpc) is 2.80. The molecular weight excluding hydrogens is 296 g/mol. The topological polar surface area (TPSA) is 9.23 Å². The summed E-state index contributed by atoms with van der Waals surface area (Å²) in [6.45, 7) is 0. The first-order valence-corrected chi connectivity index (χ1v) is 6.49. The molecule has 3 rings (SSSR count). The van der Waals surface area contributed by atoms with Crippen LogP contribution in [-0.2, 0) is 4.74 Å². The Morgan fingerprint density at radius 1 is 0.773 bits per heavy atom. The molecule has 0 atom stereocenters. The van der Waals surface area contributed by atoms with Gasteiger partial charge in [-0.2, -0.15) is 17.6 Å². The van der Waals surface area contributed by atoms with Crippen molar-refractivity contribution >= 4 is 11.3 Å². The largest absolute Gasteiger partial charge is 0.432 e. The molecule has 112 valence electrons. The quantitative estimate of drug-likeness (QED) is 0.682. The zero-order chi connectivity index (χ0) is 15.7. The summed E-state index contributed by atoms with van der Waals surface area (Å²) in [4.78, 5) is 0. The summed E-state index contributed by atoms with van der Waals surface area (Å²) in [6, 6.07) is 15.9. The van der Waals surface area contributed by atoms with Gasteiger partial charge in [0.05, 0.1) is 0 Å². The fourth-order valence-corrected chi connectivity index (χ4v) is 2.37. The molecule has 0 saturated carbocycles. The van der Waals surface area contributed by atoms with Gasteiger partial charge in [0.15, 0.2) is 0 Å². The van der Waals surface area contributed by atoms with E-state index in [1.54, 1.807) is 36.4 Å². The fraction of sp³-hybridized carbons (Fsp3) is 0.0588. The minimum absolute atomic E-state index is 0.250. The Labute approximate surface area is 124 Å². The minimum atomic E-state index is -4.06. The molecule has 1 aliphatic heterocycles. The molecule has 0 fully saturated rings. The van der Waals surface area contributed by atoms with Gasteiger partial charge in [-0.05, 0) is 5.56 Å². The van der Waals surface area contributed by atoms with Gasteiger partial charge >= 0.3 is 6.11 Å². The Balaban J connectivity index is 2.30. The second-order valence-corrected chi connectivity index (χ2v) is 4.69. The maximum absolute atomic E-state index is 13.9. The van der Waals surface area contributed by atoms with Crippen LogP contribution in [0.15, 0.2) is 72.3 Å². The van der Waals surface area contributed by atoms with Crippen molar-refractivity contribution in [2.75, 3.05) is 0 Å². The first kappa shape index (κ1) is 14.4. The van der Waals surface area contributed by atoms with E-state index in [0.29, 0.717) is 5.56 Å². The second-order valence-electron chi connectivity index (χ2n) is 4.69. The van der Waals surface area contributed by atoms with Crippen molar-refractivity contribution in [1.82, 2.24) is 0 Å². The molecule has 0 saturated heterocycles. The molecule has 22 heavy (non-hydrogen) atoms. The molecule has 1 heterocycles. The number of benzene rings is 2. The van der Waals surface area contributed by atoms with Crippen LogP contribution in [0.1, 0.15) is 11.1 Å². The van der Waals surface area contributed by atoms with Crippen molar-refractivity contribution in [2.24, 2.45) is 0 Å². The fourth-order valence-electron chi connectivity index (χ4n) is 2.37. The molecule has 0 spiro atoms. The summed E-state index contributed by atoms with van der Waals surface area (Å²) in [5, 5.41) is 0. The summed E-state index contributed by atoms with van der Waals surface area (Å²) in [6.07, 6.45) is -6.51. The first-order valence-electron chi connectivity index (χ1n) is 6.49. The number of hydrogen-bond acceptors (Lipinski definition) is 1. The molecular formula is C17H10F4O. The van der Waals surface area contributed by atoms with E-state index in [9.17, 15) is 17.6 Å². The standard InChI is InChI=1S/C17H10F4O/c18-16(19)14-13(11-7-3-1-4-8-11)15(22-17(14,20)21)12-9-5-2-6-10-12/h1-10H. The Bertz CT molecular complexity index is 745. The van der Waals surface area contributed by atoms with Gasteiger partial charge in [0, 0.05) is 11.1 Å². The lowest BCUT2D eigenvalue weighted by Gasteiger charge is -2.11. The maximum atomic E-state index is 13.9. The highest BCUT2D eigenvalue weighted by Gasteiger charge is 2.51. The zero-order valence-electron chi connectivity index (χ0n) is 11.2. The van der Waals surface area contributed by atoms with Crippen molar-refractivity contribution < 1.29 is 22.3 Å². The van der Waals surface area contributed by atoms with E-state index >= 15 is 0 Å². The predicted molar refractivity (Wildman–Crippen MR) is 75.0 cm³/mol. The van der Waals surface area contributed by atoms with Crippen LogP contribution in [0.4, 0.5) is 17.6 Å². The van der Waals surface area contributed by atoms with Gasteiger partial charge < -0.3 is 4.74 Å². The van der Waals surface area contributed by atoms with Crippen LogP contribution < -0.4 is 0 Å². The highest BCUT2D eigenvalue weighted by molar-refractivity contribution is 5.99. The van der Waals surface area contributed by atoms with Gasteiger partial charge in [-0.1, -0.05) is 60.7 Å². The Hall–Kier alpha value is -2.56.